The van der Waals surface area contributed by atoms with Crippen molar-refractivity contribution >= 4 is 5.91 Å². The SMILES string of the molecule is CC(=O)N[C@@H]1C(C)OC(CO)[C@@H](O)[C@@H]1O. The van der Waals surface area contributed by atoms with E-state index in [1.54, 1.807) is 6.92 Å². The van der Waals surface area contributed by atoms with E-state index >= 15 is 0 Å². The zero-order valence-corrected chi connectivity index (χ0v) is 8.75. The molecule has 4 N–H and O–H groups in total. The maximum atomic E-state index is 10.9. The van der Waals surface area contributed by atoms with Crippen LogP contribution in [0.5, 0.6) is 0 Å². The molecule has 6 heteroatoms. The van der Waals surface area contributed by atoms with Crippen LogP contribution in [0.1, 0.15) is 13.8 Å². The fourth-order valence-corrected chi connectivity index (χ4v) is 1.74. The van der Waals surface area contributed by atoms with Gasteiger partial charge < -0.3 is 25.4 Å². The Morgan fingerprint density at radius 2 is 2.00 bits per heavy atom. The summed E-state index contributed by atoms with van der Waals surface area (Å²) in [5.41, 5.74) is 0. The van der Waals surface area contributed by atoms with Crippen molar-refractivity contribution in [2.75, 3.05) is 6.61 Å². The molecule has 88 valence electrons. The van der Waals surface area contributed by atoms with Crippen molar-refractivity contribution in [3.63, 3.8) is 0 Å². The van der Waals surface area contributed by atoms with E-state index in [2.05, 4.69) is 5.32 Å². The van der Waals surface area contributed by atoms with E-state index in [1.165, 1.54) is 6.92 Å². The highest BCUT2D eigenvalue weighted by molar-refractivity contribution is 5.73. The monoisotopic (exact) mass is 219 g/mol. The molecular weight excluding hydrogens is 202 g/mol. The third-order valence-electron chi connectivity index (χ3n) is 2.54. The molecule has 5 atom stereocenters. The van der Waals surface area contributed by atoms with E-state index in [4.69, 9.17) is 9.84 Å². The van der Waals surface area contributed by atoms with Crippen LogP contribution in [0.15, 0.2) is 0 Å². The highest BCUT2D eigenvalue weighted by Gasteiger charge is 2.42. The molecule has 0 spiro atoms. The van der Waals surface area contributed by atoms with Gasteiger partial charge in [0, 0.05) is 6.92 Å². The van der Waals surface area contributed by atoms with Crippen LogP contribution in [0.25, 0.3) is 0 Å². The molecule has 1 aliphatic rings. The molecule has 1 aliphatic heterocycles. The summed E-state index contributed by atoms with van der Waals surface area (Å²) in [6.07, 6.45) is -3.58. The number of carbonyl (C=O) groups is 1. The molecule has 0 radical (unpaired) electrons. The molecule has 0 aliphatic carbocycles. The molecule has 15 heavy (non-hydrogen) atoms. The number of rotatable bonds is 2. The third kappa shape index (κ3) is 2.66. The standard InChI is InChI=1S/C9H17NO5/c1-4-7(10-5(2)12)9(14)8(13)6(3-11)15-4/h4,6-9,11,13-14H,3H2,1-2H3,(H,10,12)/t4?,6?,7-,8-,9-/m1/s1. The summed E-state index contributed by atoms with van der Waals surface area (Å²) in [7, 11) is 0. The molecule has 1 heterocycles. The van der Waals surface area contributed by atoms with E-state index in [0.29, 0.717) is 0 Å². The molecule has 0 bridgehead atoms. The number of aliphatic hydroxyl groups is 3. The van der Waals surface area contributed by atoms with E-state index in [0.717, 1.165) is 0 Å². The third-order valence-corrected chi connectivity index (χ3v) is 2.54. The van der Waals surface area contributed by atoms with Gasteiger partial charge in [0.15, 0.2) is 0 Å². The Bertz CT molecular complexity index is 235. The summed E-state index contributed by atoms with van der Waals surface area (Å²) in [5, 5.41) is 30.6. The van der Waals surface area contributed by atoms with E-state index in [1.807, 2.05) is 0 Å². The second-order valence-electron chi connectivity index (χ2n) is 3.77. The Morgan fingerprint density at radius 3 is 2.47 bits per heavy atom. The first-order valence-corrected chi connectivity index (χ1v) is 4.87. The van der Waals surface area contributed by atoms with E-state index in [9.17, 15) is 15.0 Å². The normalized spacial score (nSPS) is 41.3. The molecule has 1 rings (SSSR count). The highest BCUT2D eigenvalue weighted by atomic mass is 16.5. The zero-order chi connectivity index (χ0) is 11.6. The van der Waals surface area contributed by atoms with Crippen LogP contribution in [0.4, 0.5) is 0 Å². The lowest BCUT2D eigenvalue weighted by Crippen LogP contribution is -2.63. The van der Waals surface area contributed by atoms with Crippen LogP contribution in [0, 0.1) is 0 Å². The van der Waals surface area contributed by atoms with Gasteiger partial charge in [0.2, 0.25) is 5.91 Å². The van der Waals surface area contributed by atoms with Crippen molar-refractivity contribution in [2.45, 2.75) is 44.3 Å². The minimum absolute atomic E-state index is 0.302. The molecule has 0 saturated carbocycles. The summed E-state index contributed by atoms with van der Waals surface area (Å²) < 4.78 is 5.26. The van der Waals surface area contributed by atoms with Crippen molar-refractivity contribution in [3.8, 4) is 0 Å². The number of nitrogens with one attached hydrogen (secondary N) is 1. The smallest absolute Gasteiger partial charge is 0.217 e. The average Bonchev–Trinajstić information content (AvgIpc) is 2.18. The topological polar surface area (TPSA) is 99.0 Å². The summed E-state index contributed by atoms with van der Waals surface area (Å²) in [5.74, 6) is -0.302. The molecule has 0 aromatic rings. The number of ether oxygens (including phenoxy) is 1. The fourth-order valence-electron chi connectivity index (χ4n) is 1.74. The Balaban J connectivity index is 2.70. The summed E-state index contributed by atoms with van der Waals surface area (Å²) >= 11 is 0. The Kier molecular flexibility index (Phi) is 4.04. The molecule has 0 aromatic heterocycles. The first-order chi connectivity index (χ1) is 6.97. The van der Waals surface area contributed by atoms with Crippen LogP contribution in [-0.2, 0) is 9.53 Å². The van der Waals surface area contributed by atoms with Gasteiger partial charge in [-0.2, -0.15) is 0 Å². The van der Waals surface area contributed by atoms with Crippen molar-refractivity contribution < 1.29 is 24.9 Å². The minimum atomic E-state index is -1.19. The number of aliphatic hydroxyl groups excluding tert-OH is 3. The average molecular weight is 219 g/mol. The Labute approximate surface area is 87.9 Å². The van der Waals surface area contributed by atoms with Crippen LogP contribution in [0.2, 0.25) is 0 Å². The Hall–Kier alpha value is -0.690. The fraction of sp³-hybridized carbons (Fsp3) is 0.889. The predicted molar refractivity (Wildman–Crippen MR) is 51.0 cm³/mol. The van der Waals surface area contributed by atoms with E-state index in [-0.39, 0.29) is 12.5 Å². The largest absolute Gasteiger partial charge is 0.394 e. The number of amides is 1. The van der Waals surface area contributed by atoms with E-state index < -0.39 is 30.5 Å². The van der Waals surface area contributed by atoms with Gasteiger partial charge in [-0.1, -0.05) is 0 Å². The lowest BCUT2D eigenvalue weighted by molar-refractivity contribution is -0.190. The van der Waals surface area contributed by atoms with Gasteiger partial charge in [0.25, 0.3) is 0 Å². The van der Waals surface area contributed by atoms with Gasteiger partial charge in [0.1, 0.15) is 18.3 Å². The Morgan fingerprint density at radius 1 is 1.40 bits per heavy atom. The van der Waals surface area contributed by atoms with Gasteiger partial charge in [-0.05, 0) is 6.92 Å². The maximum absolute atomic E-state index is 10.9. The summed E-state index contributed by atoms with van der Waals surface area (Å²) in [4.78, 5) is 10.9. The lowest BCUT2D eigenvalue weighted by Gasteiger charge is -2.41. The minimum Gasteiger partial charge on any atom is -0.394 e. The maximum Gasteiger partial charge on any atom is 0.217 e. The van der Waals surface area contributed by atoms with Crippen LogP contribution >= 0.6 is 0 Å². The second-order valence-corrected chi connectivity index (χ2v) is 3.77. The van der Waals surface area contributed by atoms with Gasteiger partial charge in [-0.15, -0.1) is 0 Å². The molecular formula is C9H17NO5. The molecule has 0 aromatic carbocycles. The lowest BCUT2D eigenvalue weighted by atomic mass is 9.93. The summed E-state index contributed by atoms with van der Waals surface area (Å²) in [6, 6.07) is -0.653. The van der Waals surface area contributed by atoms with Crippen molar-refractivity contribution in [2.24, 2.45) is 0 Å². The zero-order valence-electron chi connectivity index (χ0n) is 8.75. The van der Waals surface area contributed by atoms with Gasteiger partial charge in [0.05, 0.1) is 18.8 Å². The predicted octanol–water partition coefficient (Wildman–Crippen LogP) is -2.01. The second kappa shape index (κ2) is 4.89. The van der Waals surface area contributed by atoms with Crippen LogP contribution in [-0.4, -0.2) is 58.3 Å². The number of hydrogen-bond donors (Lipinski definition) is 4. The van der Waals surface area contributed by atoms with Crippen LogP contribution in [0.3, 0.4) is 0 Å². The van der Waals surface area contributed by atoms with Crippen LogP contribution < -0.4 is 5.32 Å². The first-order valence-electron chi connectivity index (χ1n) is 4.87. The van der Waals surface area contributed by atoms with Gasteiger partial charge in [-0.25, -0.2) is 0 Å². The molecule has 2 unspecified atom stereocenters. The van der Waals surface area contributed by atoms with Gasteiger partial charge in [-0.3, -0.25) is 4.79 Å². The highest BCUT2D eigenvalue weighted by Crippen LogP contribution is 2.20. The molecule has 1 amide bonds. The quantitative estimate of drug-likeness (QED) is 0.430. The first kappa shape index (κ1) is 12.4. The molecule has 1 fully saturated rings. The van der Waals surface area contributed by atoms with Crippen molar-refractivity contribution in [3.05, 3.63) is 0 Å². The van der Waals surface area contributed by atoms with Crippen molar-refractivity contribution in [1.82, 2.24) is 5.32 Å². The molecule has 6 nitrogen and oxygen atoms in total. The molecule has 1 saturated heterocycles. The van der Waals surface area contributed by atoms with Crippen molar-refractivity contribution in [1.29, 1.82) is 0 Å². The van der Waals surface area contributed by atoms with Gasteiger partial charge >= 0.3 is 0 Å². The number of hydrogen-bond acceptors (Lipinski definition) is 5. The number of carbonyl (C=O) groups excluding carboxylic acids is 1. The summed E-state index contributed by atoms with van der Waals surface area (Å²) in [6.45, 7) is 2.62.